The van der Waals surface area contributed by atoms with Gasteiger partial charge in [0, 0.05) is 36.7 Å². The third-order valence-corrected chi connectivity index (χ3v) is 4.42. The Balaban J connectivity index is 1.64. The molecule has 0 bridgehead atoms. The van der Waals surface area contributed by atoms with Gasteiger partial charge in [-0.3, -0.25) is 4.79 Å². The summed E-state index contributed by atoms with van der Waals surface area (Å²) in [7, 11) is 1.57. The molecule has 0 aliphatic heterocycles. The van der Waals surface area contributed by atoms with Gasteiger partial charge in [-0.2, -0.15) is 0 Å². The predicted octanol–water partition coefficient (Wildman–Crippen LogP) is 3.20. The average Bonchev–Trinajstić information content (AvgIpc) is 2.75. The molecule has 31 heavy (non-hydrogen) atoms. The highest BCUT2D eigenvalue weighted by Crippen LogP contribution is 2.21. The van der Waals surface area contributed by atoms with Crippen LogP contribution < -0.4 is 20.4 Å². The molecule has 3 aromatic rings. The lowest BCUT2D eigenvalue weighted by atomic mass is 10.1. The topological polar surface area (TPSA) is 104 Å². The second-order valence-electron chi connectivity index (χ2n) is 6.47. The monoisotopic (exact) mass is 445 g/mol. The van der Waals surface area contributed by atoms with E-state index >= 15 is 0 Å². The molecule has 0 fully saturated rings. The SMILES string of the molecule is COCCCNC(=O)c1cc2ccc(OC(=O)COc3ccc(Cl)cc3)cc2oc1=O. The third-order valence-electron chi connectivity index (χ3n) is 4.16. The Bertz CT molecular complexity index is 1120. The highest BCUT2D eigenvalue weighted by Gasteiger charge is 2.14. The van der Waals surface area contributed by atoms with E-state index in [1.54, 1.807) is 37.4 Å². The van der Waals surface area contributed by atoms with E-state index in [0.717, 1.165) is 0 Å². The minimum atomic E-state index is -0.786. The fraction of sp³-hybridized carbons (Fsp3) is 0.227. The van der Waals surface area contributed by atoms with Crippen molar-refractivity contribution < 1.29 is 28.2 Å². The van der Waals surface area contributed by atoms with E-state index in [1.165, 1.54) is 18.2 Å². The van der Waals surface area contributed by atoms with Crippen molar-refractivity contribution >= 4 is 34.4 Å². The summed E-state index contributed by atoms with van der Waals surface area (Å²) < 4.78 is 20.7. The maximum atomic E-state index is 12.2. The third kappa shape index (κ3) is 6.31. The molecule has 1 heterocycles. The minimum Gasteiger partial charge on any atom is -0.482 e. The first kappa shape index (κ1) is 22.3. The van der Waals surface area contributed by atoms with Gasteiger partial charge in [-0.05, 0) is 48.9 Å². The number of methoxy groups -OCH3 is 1. The van der Waals surface area contributed by atoms with E-state index in [-0.39, 0.29) is 23.5 Å². The van der Waals surface area contributed by atoms with Gasteiger partial charge in [0.15, 0.2) is 6.61 Å². The van der Waals surface area contributed by atoms with E-state index in [4.69, 9.17) is 30.2 Å². The van der Waals surface area contributed by atoms with Crippen molar-refractivity contribution in [1.82, 2.24) is 5.32 Å². The first-order valence-corrected chi connectivity index (χ1v) is 9.78. The number of benzene rings is 2. The molecule has 0 saturated heterocycles. The van der Waals surface area contributed by atoms with E-state index in [2.05, 4.69) is 5.32 Å². The standard InChI is InChI=1S/C22H20ClNO7/c1-28-10-2-9-24-21(26)18-11-14-3-6-17(12-19(14)31-22(18)27)30-20(25)13-29-16-7-4-15(23)5-8-16/h3-8,11-12H,2,9-10,13H2,1H3,(H,24,26). The zero-order chi connectivity index (χ0) is 22.2. The van der Waals surface area contributed by atoms with Crippen LogP contribution in [0, 0.1) is 0 Å². The molecule has 1 aromatic heterocycles. The number of ether oxygens (including phenoxy) is 3. The molecule has 0 spiro atoms. The summed E-state index contributed by atoms with van der Waals surface area (Å²) in [5.41, 5.74) is -0.706. The quantitative estimate of drug-likeness (QED) is 0.233. The number of nitrogens with one attached hydrogen (secondary N) is 1. The summed E-state index contributed by atoms with van der Waals surface area (Å²) >= 11 is 5.80. The molecule has 162 valence electrons. The molecule has 0 aliphatic carbocycles. The van der Waals surface area contributed by atoms with Crippen molar-refractivity contribution in [3.8, 4) is 11.5 Å². The maximum Gasteiger partial charge on any atom is 0.349 e. The lowest BCUT2D eigenvalue weighted by Gasteiger charge is -2.08. The average molecular weight is 446 g/mol. The summed E-state index contributed by atoms with van der Waals surface area (Å²) in [6, 6.07) is 12.5. The van der Waals surface area contributed by atoms with Crippen LogP contribution in [0.3, 0.4) is 0 Å². The Hall–Kier alpha value is -3.36. The largest absolute Gasteiger partial charge is 0.482 e. The zero-order valence-corrected chi connectivity index (χ0v) is 17.4. The molecule has 0 atom stereocenters. The van der Waals surface area contributed by atoms with Gasteiger partial charge in [0.05, 0.1) is 0 Å². The molecule has 2 aromatic carbocycles. The molecule has 0 radical (unpaired) electrons. The molecule has 1 amide bonds. The summed E-state index contributed by atoms with van der Waals surface area (Å²) in [4.78, 5) is 36.4. The smallest absolute Gasteiger partial charge is 0.349 e. The van der Waals surface area contributed by atoms with Crippen LogP contribution >= 0.6 is 11.6 Å². The summed E-state index contributed by atoms with van der Waals surface area (Å²) in [5, 5.41) is 3.71. The van der Waals surface area contributed by atoms with Crippen molar-refractivity contribution in [2.75, 3.05) is 26.9 Å². The number of fused-ring (bicyclic) bond motifs is 1. The van der Waals surface area contributed by atoms with E-state index in [9.17, 15) is 14.4 Å². The van der Waals surface area contributed by atoms with Crippen LogP contribution in [0.4, 0.5) is 0 Å². The Labute approximate surface area is 182 Å². The zero-order valence-electron chi connectivity index (χ0n) is 16.7. The van der Waals surface area contributed by atoms with Crippen LogP contribution in [0.25, 0.3) is 11.0 Å². The maximum absolute atomic E-state index is 12.2. The molecule has 9 heteroatoms. The van der Waals surface area contributed by atoms with Gasteiger partial charge in [0.2, 0.25) is 0 Å². The molecule has 0 saturated carbocycles. The minimum absolute atomic E-state index is 0.106. The fourth-order valence-electron chi connectivity index (χ4n) is 2.66. The molecule has 8 nitrogen and oxygen atoms in total. The first-order chi connectivity index (χ1) is 15.0. The van der Waals surface area contributed by atoms with Crippen molar-refractivity contribution in [3.05, 3.63) is 69.5 Å². The van der Waals surface area contributed by atoms with Gasteiger partial charge in [-0.15, -0.1) is 0 Å². The molecular formula is C22H20ClNO7. The Kier molecular flexibility index (Phi) is 7.64. The second kappa shape index (κ2) is 10.6. The van der Waals surface area contributed by atoms with Gasteiger partial charge in [0.1, 0.15) is 22.6 Å². The molecule has 0 aliphatic rings. The van der Waals surface area contributed by atoms with Crippen molar-refractivity contribution in [1.29, 1.82) is 0 Å². The van der Waals surface area contributed by atoms with Crippen molar-refractivity contribution in [3.63, 3.8) is 0 Å². The number of esters is 1. The summed E-state index contributed by atoms with van der Waals surface area (Å²) in [6.45, 7) is 0.557. The van der Waals surface area contributed by atoms with Crippen LogP contribution in [0.2, 0.25) is 5.02 Å². The first-order valence-electron chi connectivity index (χ1n) is 9.40. The number of amides is 1. The lowest BCUT2D eigenvalue weighted by Crippen LogP contribution is -2.29. The normalized spacial score (nSPS) is 10.6. The lowest BCUT2D eigenvalue weighted by molar-refractivity contribution is -0.136. The van der Waals surface area contributed by atoms with Gasteiger partial charge in [0.25, 0.3) is 5.91 Å². The number of hydrogen-bond donors (Lipinski definition) is 1. The van der Waals surface area contributed by atoms with Crippen LogP contribution in [0.1, 0.15) is 16.8 Å². The van der Waals surface area contributed by atoms with Crippen molar-refractivity contribution in [2.45, 2.75) is 6.42 Å². The number of carbonyl (C=O) groups is 2. The highest BCUT2D eigenvalue weighted by molar-refractivity contribution is 6.30. The van der Waals surface area contributed by atoms with Crippen molar-refractivity contribution in [2.24, 2.45) is 0 Å². The van der Waals surface area contributed by atoms with Gasteiger partial charge in [-0.25, -0.2) is 9.59 Å². The predicted molar refractivity (Wildman–Crippen MR) is 114 cm³/mol. The summed E-state index contributed by atoms with van der Waals surface area (Å²) in [5.74, 6) is -0.513. The number of rotatable bonds is 9. The van der Waals surface area contributed by atoms with Gasteiger partial charge >= 0.3 is 11.6 Å². The number of carbonyl (C=O) groups excluding carboxylic acids is 2. The fourth-order valence-corrected chi connectivity index (χ4v) is 2.79. The Morgan fingerprint density at radius 3 is 2.55 bits per heavy atom. The van der Waals surface area contributed by atoms with Gasteiger partial charge < -0.3 is 23.9 Å². The van der Waals surface area contributed by atoms with Gasteiger partial charge in [-0.1, -0.05) is 11.6 Å². The Morgan fingerprint density at radius 2 is 1.81 bits per heavy atom. The van der Waals surface area contributed by atoms with E-state index in [0.29, 0.717) is 35.7 Å². The number of halogens is 1. The molecule has 1 N–H and O–H groups in total. The second-order valence-corrected chi connectivity index (χ2v) is 6.90. The van der Waals surface area contributed by atoms with E-state index < -0.39 is 17.5 Å². The van der Waals surface area contributed by atoms with Crippen LogP contribution in [0.15, 0.2) is 57.7 Å². The molecule has 3 rings (SSSR count). The van der Waals surface area contributed by atoms with E-state index in [1.807, 2.05) is 0 Å². The van der Waals surface area contributed by atoms with Crippen LogP contribution in [-0.2, 0) is 9.53 Å². The molecule has 0 unspecified atom stereocenters. The van der Waals surface area contributed by atoms with Crippen LogP contribution in [0.5, 0.6) is 11.5 Å². The summed E-state index contributed by atoms with van der Waals surface area (Å²) in [6.07, 6.45) is 0.623. The highest BCUT2D eigenvalue weighted by atomic mass is 35.5. The van der Waals surface area contributed by atoms with Crippen LogP contribution in [-0.4, -0.2) is 38.7 Å². The molecular weight excluding hydrogens is 426 g/mol. The number of hydrogen-bond acceptors (Lipinski definition) is 7. The Morgan fingerprint density at radius 1 is 1.06 bits per heavy atom.